The van der Waals surface area contributed by atoms with Gasteiger partial charge in [-0.2, -0.15) is 0 Å². The van der Waals surface area contributed by atoms with E-state index < -0.39 is 0 Å². The van der Waals surface area contributed by atoms with Gasteiger partial charge >= 0.3 is 0 Å². The maximum Gasteiger partial charge on any atom is 0.120 e. The van der Waals surface area contributed by atoms with Gasteiger partial charge in [0.15, 0.2) is 0 Å². The first-order valence-electron chi connectivity index (χ1n) is 8.58. The summed E-state index contributed by atoms with van der Waals surface area (Å²) in [5.74, 6) is 0.940. The monoisotopic (exact) mass is 393 g/mol. The van der Waals surface area contributed by atoms with E-state index in [0.29, 0.717) is 6.61 Å². The molecule has 0 fully saturated rings. The lowest BCUT2D eigenvalue weighted by molar-refractivity contribution is 0.305. The Labute approximate surface area is 157 Å². The molecule has 1 atom stereocenters. The van der Waals surface area contributed by atoms with E-state index in [1.54, 1.807) is 0 Å². The van der Waals surface area contributed by atoms with Crippen molar-refractivity contribution in [3.05, 3.63) is 99.5 Å². The van der Waals surface area contributed by atoms with Gasteiger partial charge in [0.2, 0.25) is 0 Å². The standard InChI is InChI=1S/C22H20BrNO/c23-21-9-5-4-8-20(21)22-19-11-10-18(14-17(19)12-13-24-22)25-15-16-6-2-1-3-7-16/h1-11,14,22,24H,12-13,15H2. The van der Waals surface area contributed by atoms with Crippen molar-refractivity contribution in [3.63, 3.8) is 0 Å². The zero-order valence-corrected chi connectivity index (χ0v) is 15.5. The fourth-order valence-electron chi connectivity index (χ4n) is 3.36. The number of nitrogens with one attached hydrogen (secondary N) is 1. The average Bonchev–Trinajstić information content (AvgIpc) is 2.67. The predicted molar refractivity (Wildman–Crippen MR) is 105 cm³/mol. The molecular formula is C22H20BrNO. The summed E-state index contributed by atoms with van der Waals surface area (Å²) < 4.78 is 7.14. The number of halogens is 1. The van der Waals surface area contributed by atoms with Crippen LogP contribution in [0.25, 0.3) is 0 Å². The minimum atomic E-state index is 0.225. The Morgan fingerprint density at radius 1 is 0.920 bits per heavy atom. The average molecular weight is 394 g/mol. The minimum absolute atomic E-state index is 0.225. The highest BCUT2D eigenvalue weighted by Gasteiger charge is 2.23. The molecule has 1 N–H and O–H groups in total. The summed E-state index contributed by atoms with van der Waals surface area (Å²) >= 11 is 3.68. The van der Waals surface area contributed by atoms with Gasteiger partial charge in [-0.25, -0.2) is 0 Å². The molecule has 1 aliphatic rings. The van der Waals surface area contributed by atoms with Crippen LogP contribution in [0.5, 0.6) is 5.75 Å². The van der Waals surface area contributed by atoms with Crippen LogP contribution in [0.1, 0.15) is 28.3 Å². The third kappa shape index (κ3) is 3.63. The smallest absolute Gasteiger partial charge is 0.120 e. The first-order valence-corrected chi connectivity index (χ1v) is 9.38. The lowest BCUT2D eigenvalue weighted by Gasteiger charge is -2.28. The van der Waals surface area contributed by atoms with Crippen LogP contribution >= 0.6 is 15.9 Å². The molecule has 0 aliphatic carbocycles. The van der Waals surface area contributed by atoms with Crippen molar-refractivity contribution in [1.29, 1.82) is 0 Å². The Morgan fingerprint density at radius 3 is 2.56 bits per heavy atom. The van der Waals surface area contributed by atoms with Crippen molar-refractivity contribution in [2.75, 3.05) is 6.54 Å². The van der Waals surface area contributed by atoms with Gasteiger partial charge < -0.3 is 10.1 Å². The molecule has 0 saturated heterocycles. The second-order valence-electron chi connectivity index (χ2n) is 6.29. The van der Waals surface area contributed by atoms with Crippen molar-refractivity contribution in [3.8, 4) is 5.75 Å². The molecule has 1 heterocycles. The van der Waals surface area contributed by atoms with Crippen LogP contribution in [-0.2, 0) is 13.0 Å². The molecule has 2 nitrogen and oxygen atoms in total. The number of fused-ring (bicyclic) bond motifs is 1. The summed E-state index contributed by atoms with van der Waals surface area (Å²) in [6.45, 7) is 1.58. The molecular weight excluding hydrogens is 374 g/mol. The molecule has 3 aromatic rings. The Balaban J connectivity index is 1.57. The van der Waals surface area contributed by atoms with Gasteiger partial charge in [-0.05, 0) is 46.9 Å². The number of benzene rings is 3. The summed E-state index contributed by atoms with van der Waals surface area (Å²) in [7, 11) is 0. The molecule has 0 radical (unpaired) electrons. The summed E-state index contributed by atoms with van der Waals surface area (Å²) in [6, 6.07) is 25.4. The fourth-order valence-corrected chi connectivity index (χ4v) is 3.87. The Hall–Kier alpha value is -2.10. The molecule has 3 heteroatoms. The molecule has 25 heavy (non-hydrogen) atoms. The normalized spacial score (nSPS) is 16.3. The van der Waals surface area contributed by atoms with Crippen LogP contribution in [0, 0.1) is 0 Å². The molecule has 1 aliphatic heterocycles. The lowest BCUT2D eigenvalue weighted by Crippen LogP contribution is -2.30. The van der Waals surface area contributed by atoms with Gasteiger partial charge in [0.25, 0.3) is 0 Å². The van der Waals surface area contributed by atoms with Gasteiger partial charge in [0.05, 0.1) is 6.04 Å². The van der Waals surface area contributed by atoms with Crippen LogP contribution in [0.3, 0.4) is 0 Å². The highest BCUT2D eigenvalue weighted by molar-refractivity contribution is 9.10. The molecule has 0 spiro atoms. The van der Waals surface area contributed by atoms with Crippen molar-refractivity contribution in [2.24, 2.45) is 0 Å². The largest absolute Gasteiger partial charge is 0.489 e. The second-order valence-corrected chi connectivity index (χ2v) is 7.15. The van der Waals surface area contributed by atoms with Gasteiger partial charge in [-0.3, -0.25) is 0 Å². The van der Waals surface area contributed by atoms with Crippen molar-refractivity contribution >= 4 is 15.9 Å². The zero-order chi connectivity index (χ0) is 17.1. The number of hydrogen-bond donors (Lipinski definition) is 1. The molecule has 0 aromatic heterocycles. The van der Waals surface area contributed by atoms with Gasteiger partial charge in [-0.15, -0.1) is 0 Å². The van der Waals surface area contributed by atoms with Crippen LogP contribution in [0.15, 0.2) is 77.3 Å². The first-order chi connectivity index (χ1) is 12.3. The van der Waals surface area contributed by atoms with Crippen molar-refractivity contribution < 1.29 is 4.74 Å². The number of ether oxygens (including phenoxy) is 1. The Bertz CT molecular complexity index is 863. The Morgan fingerprint density at radius 2 is 1.72 bits per heavy atom. The van der Waals surface area contributed by atoms with Gasteiger partial charge in [0.1, 0.15) is 12.4 Å². The summed E-state index contributed by atoms with van der Waals surface area (Å²) in [5, 5.41) is 3.64. The SMILES string of the molecule is Brc1ccccc1C1NCCc2cc(OCc3ccccc3)ccc21. The van der Waals surface area contributed by atoms with Gasteiger partial charge in [-0.1, -0.05) is 70.5 Å². The van der Waals surface area contributed by atoms with Gasteiger partial charge in [0, 0.05) is 11.0 Å². The van der Waals surface area contributed by atoms with E-state index in [-0.39, 0.29) is 6.04 Å². The topological polar surface area (TPSA) is 21.3 Å². The van der Waals surface area contributed by atoms with E-state index in [1.807, 2.05) is 18.2 Å². The highest BCUT2D eigenvalue weighted by Crippen LogP contribution is 2.34. The molecule has 126 valence electrons. The van der Waals surface area contributed by atoms with Crippen molar-refractivity contribution in [2.45, 2.75) is 19.1 Å². The summed E-state index contributed by atoms with van der Waals surface area (Å²) in [6.07, 6.45) is 1.03. The van der Waals surface area contributed by atoms with E-state index in [2.05, 4.69) is 75.8 Å². The van der Waals surface area contributed by atoms with E-state index in [1.165, 1.54) is 22.3 Å². The van der Waals surface area contributed by atoms with E-state index in [0.717, 1.165) is 23.2 Å². The minimum Gasteiger partial charge on any atom is -0.489 e. The summed E-state index contributed by atoms with van der Waals surface area (Å²) in [5.41, 5.74) is 5.17. The lowest BCUT2D eigenvalue weighted by atomic mass is 9.90. The maximum atomic E-state index is 5.99. The number of hydrogen-bond acceptors (Lipinski definition) is 2. The molecule has 0 bridgehead atoms. The third-order valence-corrected chi connectivity index (χ3v) is 5.35. The Kier molecular flexibility index (Phi) is 4.86. The zero-order valence-electron chi connectivity index (χ0n) is 13.9. The molecule has 0 saturated carbocycles. The van der Waals surface area contributed by atoms with Crippen LogP contribution in [-0.4, -0.2) is 6.54 Å². The van der Waals surface area contributed by atoms with E-state index >= 15 is 0 Å². The van der Waals surface area contributed by atoms with Crippen LogP contribution in [0.2, 0.25) is 0 Å². The first kappa shape index (κ1) is 16.4. The van der Waals surface area contributed by atoms with Crippen LogP contribution in [0.4, 0.5) is 0 Å². The molecule has 3 aromatic carbocycles. The highest BCUT2D eigenvalue weighted by atomic mass is 79.9. The second kappa shape index (κ2) is 7.42. The predicted octanol–water partition coefficient (Wildman–Crippen LogP) is 5.26. The fraction of sp³-hybridized carbons (Fsp3) is 0.182. The summed E-state index contributed by atoms with van der Waals surface area (Å²) in [4.78, 5) is 0. The van der Waals surface area contributed by atoms with Crippen LogP contribution < -0.4 is 10.1 Å². The number of rotatable bonds is 4. The van der Waals surface area contributed by atoms with E-state index in [4.69, 9.17) is 4.74 Å². The van der Waals surface area contributed by atoms with E-state index in [9.17, 15) is 0 Å². The molecule has 1 unspecified atom stereocenters. The third-order valence-electron chi connectivity index (χ3n) is 4.63. The maximum absolute atomic E-state index is 5.99. The van der Waals surface area contributed by atoms with Crippen molar-refractivity contribution in [1.82, 2.24) is 5.32 Å². The molecule has 0 amide bonds. The quantitative estimate of drug-likeness (QED) is 0.652. The molecule has 4 rings (SSSR count).